The molecule has 5 nitrogen and oxygen atoms in total. The van der Waals surface area contributed by atoms with Crippen LogP contribution >= 0.6 is 62.4 Å². The fraction of sp³-hybridized carbons (Fsp3) is 0.100. The molecule has 1 amide bonds. The van der Waals surface area contributed by atoms with E-state index in [1.165, 1.54) is 28.7 Å². The van der Waals surface area contributed by atoms with Gasteiger partial charge in [0, 0.05) is 15.3 Å². The summed E-state index contributed by atoms with van der Waals surface area (Å²) in [5.41, 5.74) is 4.71. The second kappa shape index (κ2) is 12.3. The first kappa shape index (κ1) is 23.0. The molecule has 10 heteroatoms. The molecule has 30 heavy (non-hydrogen) atoms. The number of hydrazone groups is 1. The van der Waals surface area contributed by atoms with E-state index >= 15 is 0 Å². The third-order valence-electron chi connectivity index (χ3n) is 3.47. The summed E-state index contributed by atoms with van der Waals surface area (Å²) in [6.45, 7) is 0. The fourth-order valence-corrected chi connectivity index (χ4v) is 5.37. The number of amides is 1. The Morgan fingerprint density at radius 3 is 2.53 bits per heavy atom. The van der Waals surface area contributed by atoms with Gasteiger partial charge in [-0.15, -0.1) is 10.2 Å². The van der Waals surface area contributed by atoms with Gasteiger partial charge < -0.3 is 0 Å². The van der Waals surface area contributed by atoms with Gasteiger partial charge in [-0.3, -0.25) is 4.79 Å². The zero-order chi connectivity index (χ0) is 21.2. The molecule has 2 aromatic carbocycles. The predicted molar refractivity (Wildman–Crippen MR) is 132 cm³/mol. The van der Waals surface area contributed by atoms with E-state index in [0.29, 0.717) is 0 Å². The maximum absolute atomic E-state index is 12.0. The van der Waals surface area contributed by atoms with Crippen molar-refractivity contribution >= 4 is 80.6 Å². The van der Waals surface area contributed by atoms with Crippen LogP contribution in [0.25, 0.3) is 6.08 Å². The van der Waals surface area contributed by atoms with E-state index in [9.17, 15) is 4.79 Å². The van der Waals surface area contributed by atoms with Crippen LogP contribution in [0.4, 0.5) is 0 Å². The first-order chi connectivity index (χ1) is 14.6. The molecular formula is C20H16BrClN4OS3. The van der Waals surface area contributed by atoms with Gasteiger partial charge in [0.05, 0.1) is 12.0 Å². The molecule has 154 valence electrons. The average molecular weight is 540 g/mol. The number of hydrogen-bond acceptors (Lipinski definition) is 7. The molecule has 0 fully saturated rings. The summed E-state index contributed by atoms with van der Waals surface area (Å²) >= 11 is 13.7. The van der Waals surface area contributed by atoms with Crippen molar-refractivity contribution in [3.05, 3.63) is 75.2 Å². The third kappa shape index (κ3) is 8.23. The first-order valence-corrected chi connectivity index (χ1v) is 12.6. The van der Waals surface area contributed by atoms with Crippen LogP contribution < -0.4 is 5.43 Å². The second-order valence-corrected chi connectivity index (χ2v) is 10.5. The molecule has 3 aromatic rings. The predicted octanol–water partition coefficient (Wildman–Crippen LogP) is 6.11. The van der Waals surface area contributed by atoms with Gasteiger partial charge >= 0.3 is 0 Å². The highest BCUT2D eigenvalue weighted by Gasteiger charge is 2.08. The molecule has 1 N–H and O–H groups in total. The van der Waals surface area contributed by atoms with Gasteiger partial charge in [-0.2, -0.15) is 5.10 Å². The molecule has 0 saturated carbocycles. The van der Waals surface area contributed by atoms with Gasteiger partial charge in [0.25, 0.3) is 5.91 Å². The SMILES string of the molecule is O=C(CSc1nnc(SCc2ccc(Cl)cc2)s1)N/N=C/C(Br)=Cc1ccccc1. The zero-order valence-electron chi connectivity index (χ0n) is 15.5. The van der Waals surface area contributed by atoms with Crippen molar-refractivity contribution in [3.63, 3.8) is 0 Å². The first-order valence-electron chi connectivity index (χ1n) is 8.66. The minimum absolute atomic E-state index is 0.207. The molecule has 0 saturated heterocycles. The summed E-state index contributed by atoms with van der Waals surface area (Å²) in [6.07, 6.45) is 3.46. The van der Waals surface area contributed by atoms with Crippen molar-refractivity contribution in [2.45, 2.75) is 14.4 Å². The van der Waals surface area contributed by atoms with Gasteiger partial charge in [-0.25, -0.2) is 5.43 Å². The maximum atomic E-state index is 12.0. The normalized spacial score (nSPS) is 11.7. The lowest BCUT2D eigenvalue weighted by molar-refractivity contribution is -0.118. The van der Waals surface area contributed by atoms with Gasteiger partial charge in [-0.1, -0.05) is 88.9 Å². The maximum Gasteiger partial charge on any atom is 0.250 e. The highest BCUT2D eigenvalue weighted by atomic mass is 79.9. The average Bonchev–Trinajstić information content (AvgIpc) is 3.20. The number of thioether (sulfide) groups is 2. The van der Waals surface area contributed by atoms with Gasteiger partial charge in [0.15, 0.2) is 8.68 Å². The van der Waals surface area contributed by atoms with Crippen LogP contribution in [0.15, 0.2) is 72.9 Å². The Morgan fingerprint density at radius 1 is 1.10 bits per heavy atom. The van der Waals surface area contributed by atoms with Crippen LogP contribution in [0.5, 0.6) is 0 Å². The Hall–Kier alpha value is -1.65. The number of aromatic nitrogens is 2. The number of benzene rings is 2. The molecule has 0 spiro atoms. The lowest BCUT2D eigenvalue weighted by Crippen LogP contribution is -2.19. The van der Waals surface area contributed by atoms with Crippen LogP contribution in [0.3, 0.4) is 0 Å². The van der Waals surface area contributed by atoms with Crippen molar-refractivity contribution < 1.29 is 4.79 Å². The van der Waals surface area contributed by atoms with Crippen LogP contribution in [-0.2, 0) is 10.5 Å². The van der Waals surface area contributed by atoms with E-state index in [1.54, 1.807) is 18.0 Å². The van der Waals surface area contributed by atoms with Crippen LogP contribution in [0, 0.1) is 0 Å². The fourth-order valence-electron chi connectivity index (χ4n) is 2.11. The van der Waals surface area contributed by atoms with Gasteiger partial charge in [-0.05, 0) is 45.3 Å². The summed E-state index contributed by atoms with van der Waals surface area (Å²) in [7, 11) is 0. The number of nitrogens with zero attached hydrogens (tertiary/aromatic N) is 3. The number of rotatable bonds is 9. The van der Waals surface area contributed by atoms with Crippen molar-refractivity contribution in [3.8, 4) is 0 Å². The molecule has 1 heterocycles. The summed E-state index contributed by atoms with van der Waals surface area (Å²) in [5, 5.41) is 13.0. The lowest BCUT2D eigenvalue weighted by Gasteiger charge is -1.98. The van der Waals surface area contributed by atoms with Crippen molar-refractivity contribution in [2.75, 3.05) is 5.75 Å². The molecule has 0 unspecified atom stereocenters. The number of carbonyl (C=O) groups excluding carboxylic acids is 1. The largest absolute Gasteiger partial charge is 0.272 e. The highest BCUT2D eigenvalue weighted by Crippen LogP contribution is 2.30. The van der Waals surface area contributed by atoms with Crippen LogP contribution in [0.2, 0.25) is 5.02 Å². The second-order valence-electron chi connectivity index (χ2n) is 5.77. The number of carbonyl (C=O) groups is 1. The Kier molecular flexibility index (Phi) is 9.41. The molecule has 1 aromatic heterocycles. The minimum Gasteiger partial charge on any atom is -0.272 e. The van der Waals surface area contributed by atoms with Crippen molar-refractivity contribution in [1.29, 1.82) is 0 Å². The molecule has 0 atom stereocenters. The van der Waals surface area contributed by atoms with E-state index in [2.05, 4.69) is 36.7 Å². The van der Waals surface area contributed by atoms with E-state index in [0.717, 1.165) is 29.5 Å². The molecule has 3 rings (SSSR count). The van der Waals surface area contributed by atoms with E-state index in [-0.39, 0.29) is 11.7 Å². The summed E-state index contributed by atoms with van der Waals surface area (Å²) in [6, 6.07) is 17.5. The van der Waals surface area contributed by atoms with Gasteiger partial charge in [0.1, 0.15) is 0 Å². The standard InChI is InChI=1S/C20H16BrClN4OS3/c21-16(10-14-4-2-1-3-5-14)11-23-24-18(27)13-29-20-26-25-19(30-20)28-12-15-6-8-17(22)9-7-15/h1-11H,12-13H2,(H,24,27)/b16-10?,23-11+. The molecule has 0 aliphatic heterocycles. The smallest absolute Gasteiger partial charge is 0.250 e. The molecule has 0 aliphatic rings. The highest BCUT2D eigenvalue weighted by molar-refractivity contribution is 9.12. The number of halogens is 2. The Balaban J connectivity index is 1.39. The van der Waals surface area contributed by atoms with Crippen molar-refractivity contribution in [2.24, 2.45) is 5.10 Å². The molecule has 0 bridgehead atoms. The molecule has 0 aliphatic carbocycles. The lowest BCUT2D eigenvalue weighted by atomic mass is 10.2. The van der Waals surface area contributed by atoms with Crippen LogP contribution in [-0.4, -0.2) is 28.1 Å². The Labute approximate surface area is 200 Å². The molecule has 0 radical (unpaired) electrons. The third-order valence-corrected chi connectivity index (χ3v) is 7.42. The summed E-state index contributed by atoms with van der Waals surface area (Å²) in [4.78, 5) is 12.0. The molecular weight excluding hydrogens is 524 g/mol. The number of allylic oxidation sites excluding steroid dienone is 1. The minimum atomic E-state index is -0.207. The Bertz CT molecular complexity index is 1030. The van der Waals surface area contributed by atoms with Crippen molar-refractivity contribution in [1.82, 2.24) is 15.6 Å². The topological polar surface area (TPSA) is 67.2 Å². The summed E-state index contributed by atoms with van der Waals surface area (Å²) in [5.74, 6) is 0.798. The monoisotopic (exact) mass is 538 g/mol. The van der Waals surface area contributed by atoms with E-state index in [1.807, 2.05) is 60.7 Å². The van der Waals surface area contributed by atoms with Gasteiger partial charge in [0.2, 0.25) is 0 Å². The zero-order valence-corrected chi connectivity index (χ0v) is 20.3. The van der Waals surface area contributed by atoms with Crippen LogP contribution in [0.1, 0.15) is 11.1 Å². The summed E-state index contributed by atoms with van der Waals surface area (Å²) < 4.78 is 2.37. The quantitative estimate of drug-likeness (QED) is 0.202. The number of nitrogens with one attached hydrogen (secondary N) is 1. The van der Waals surface area contributed by atoms with E-state index in [4.69, 9.17) is 11.6 Å². The van der Waals surface area contributed by atoms with E-state index < -0.39 is 0 Å². The Morgan fingerprint density at radius 2 is 1.80 bits per heavy atom. The number of hydrogen-bond donors (Lipinski definition) is 1.